The molecule has 1 aromatic rings. The predicted octanol–water partition coefficient (Wildman–Crippen LogP) is 0.871. The average Bonchev–Trinajstić information content (AvgIpc) is 2.97. The first-order chi connectivity index (χ1) is 9.93. The van der Waals surface area contributed by atoms with Crippen LogP contribution in [0.4, 0.5) is 0 Å². The van der Waals surface area contributed by atoms with E-state index < -0.39 is 11.8 Å². The Balaban J connectivity index is 2.55. The summed E-state index contributed by atoms with van der Waals surface area (Å²) in [5.74, 6) is -1.58. The zero-order valence-electron chi connectivity index (χ0n) is 12.2. The van der Waals surface area contributed by atoms with Crippen LogP contribution in [0, 0.1) is 11.8 Å². The lowest BCUT2D eigenvalue weighted by Crippen LogP contribution is -2.37. The lowest BCUT2D eigenvalue weighted by molar-refractivity contribution is -0.135. The van der Waals surface area contributed by atoms with Gasteiger partial charge in [0.25, 0.3) is 0 Å². The number of hydrogen-bond acceptors (Lipinski definition) is 4. The summed E-state index contributed by atoms with van der Waals surface area (Å²) in [6, 6.07) is 3.32. The highest BCUT2D eigenvalue weighted by Crippen LogP contribution is 2.15. The summed E-state index contributed by atoms with van der Waals surface area (Å²) in [6.45, 7) is 3.73. The van der Waals surface area contributed by atoms with Crippen LogP contribution in [0.15, 0.2) is 18.3 Å². The van der Waals surface area contributed by atoms with Gasteiger partial charge in [-0.15, -0.1) is 0 Å². The second-order valence-corrected chi connectivity index (χ2v) is 5.29. The molecule has 1 rings (SSSR count). The van der Waals surface area contributed by atoms with Crippen LogP contribution >= 0.6 is 0 Å². The SMILES string of the molecule is CC(C)C[C@H](CC(=O)NO)C(=O)NCC(=O)c1ccc[nH]1. The number of aromatic nitrogens is 1. The smallest absolute Gasteiger partial charge is 0.244 e. The Morgan fingerprint density at radius 3 is 2.57 bits per heavy atom. The van der Waals surface area contributed by atoms with Crippen molar-refractivity contribution in [3.8, 4) is 0 Å². The number of nitrogens with one attached hydrogen (secondary N) is 3. The molecular weight excluding hydrogens is 274 g/mol. The Labute approximate surface area is 123 Å². The van der Waals surface area contributed by atoms with Crippen molar-refractivity contribution >= 4 is 17.6 Å². The fraction of sp³-hybridized carbons (Fsp3) is 0.500. The van der Waals surface area contributed by atoms with E-state index in [1.165, 1.54) is 5.48 Å². The summed E-state index contributed by atoms with van der Waals surface area (Å²) in [7, 11) is 0. The van der Waals surface area contributed by atoms with Gasteiger partial charge in [-0.3, -0.25) is 19.6 Å². The van der Waals surface area contributed by atoms with Crippen molar-refractivity contribution in [2.45, 2.75) is 26.7 Å². The number of hydrogen-bond donors (Lipinski definition) is 4. The van der Waals surface area contributed by atoms with Crippen molar-refractivity contribution in [2.24, 2.45) is 11.8 Å². The summed E-state index contributed by atoms with van der Waals surface area (Å²) in [5.41, 5.74) is 1.94. The molecule has 2 amide bonds. The van der Waals surface area contributed by atoms with Gasteiger partial charge in [0.05, 0.1) is 12.2 Å². The summed E-state index contributed by atoms with van der Waals surface area (Å²) in [6.07, 6.45) is 2.01. The fourth-order valence-electron chi connectivity index (χ4n) is 2.03. The number of Topliss-reactive ketones (excluding diaryl/α,β-unsaturated/α-hetero) is 1. The first kappa shape index (κ1) is 16.9. The summed E-state index contributed by atoms with van der Waals surface area (Å²) < 4.78 is 0. The van der Waals surface area contributed by atoms with Crippen molar-refractivity contribution in [3.63, 3.8) is 0 Å². The topological polar surface area (TPSA) is 111 Å². The van der Waals surface area contributed by atoms with Crippen LogP contribution in [-0.4, -0.2) is 34.3 Å². The van der Waals surface area contributed by atoms with Crippen LogP contribution in [0.25, 0.3) is 0 Å². The van der Waals surface area contributed by atoms with Gasteiger partial charge in [0.1, 0.15) is 0 Å². The Morgan fingerprint density at radius 1 is 1.33 bits per heavy atom. The van der Waals surface area contributed by atoms with E-state index in [1.54, 1.807) is 18.3 Å². The van der Waals surface area contributed by atoms with E-state index in [-0.39, 0.29) is 30.6 Å². The van der Waals surface area contributed by atoms with Crippen LogP contribution < -0.4 is 10.8 Å². The molecule has 0 radical (unpaired) electrons. The summed E-state index contributed by atoms with van der Waals surface area (Å²) in [5, 5.41) is 11.1. The van der Waals surface area contributed by atoms with E-state index in [2.05, 4.69) is 10.3 Å². The van der Waals surface area contributed by atoms with E-state index in [0.717, 1.165) is 0 Å². The summed E-state index contributed by atoms with van der Waals surface area (Å²) in [4.78, 5) is 37.8. The molecule has 0 fully saturated rings. The van der Waals surface area contributed by atoms with Gasteiger partial charge in [-0.2, -0.15) is 0 Å². The van der Waals surface area contributed by atoms with Crippen LogP contribution in [0.1, 0.15) is 37.2 Å². The zero-order chi connectivity index (χ0) is 15.8. The number of carbonyl (C=O) groups is 3. The minimum absolute atomic E-state index is 0.114. The molecule has 7 nitrogen and oxygen atoms in total. The first-order valence-electron chi connectivity index (χ1n) is 6.81. The monoisotopic (exact) mass is 295 g/mol. The molecule has 1 aromatic heterocycles. The van der Waals surface area contributed by atoms with Gasteiger partial charge in [-0.1, -0.05) is 13.8 Å². The van der Waals surface area contributed by atoms with Gasteiger partial charge in [0.2, 0.25) is 11.8 Å². The second-order valence-electron chi connectivity index (χ2n) is 5.29. The molecule has 0 aliphatic carbocycles. The van der Waals surface area contributed by atoms with Crippen molar-refractivity contribution in [2.75, 3.05) is 6.54 Å². The maximum atomic E-state index is 12.1. The van der Waals surface area contributed by atoms with Gasteiger partial charge in [0, 0.05) is 18.5 Å². The maximum Gasteiger partial charge on any atom is 0.244 e. The lowest BCUT2D eigenvalue weighted by atomic mass is 9.93. The molecule has 4 N–H and O–H groups in total. The Bertz CT molecular complexity index is 482. The zero-order valence-corrected chi connectivity index (χ0v) is 12.2. The van der Waals surface area contributed by atoms with Crippen molar-refractivity contribution in [1.82, 2.24) is 15.8 Å². The molecular formula is C14H21N3O4. The Kier molecular flexibility index (Phi) is 6.61. The van der Waals surface area contributed by atoms with Crippen LogP contribution in [-0.2, 0) is 9.59 Å². The lowest BCUT2D eigenvalue weighted by Gasteiger charge is -2.17. The first-order valence-corrected chi connectivity index (χ1v) is 6.81. The molecule has 116 valence electrons. The molecule has 1 heterocycles. The Morgan fingerprint density at radius 2 is 2.05 bits per heavy atom. The number of rotatable bonds is 8. The molecule has 0 bridgehead atoms. The highest BCUT2D eigenvalue weighted by atomic mass is 16.5. The largest absolute Gasteiger partial charge is 0.359 e. The maximum absolute atomic E-state index is 12.1. The third-order valence-corrected chi connectivity index (χ3v) is 3.00. The third-order valence-electron chi connectivity index (χ3n) is 3.00. The van der Waals surface area contributed by atoms with Gasteiger partial charge in [0.15, 0.2) is 5.78 Å². The number of amides is 2. The molecule has 1 atom stereocenters. The number of aromatic amines is 1. The minimum Gasteiger partial charge on any atom is -0.359 e. The summed E-state index contributed by atoms with van der Waals surface area (Å²) >= 11 is 0. The van der Waals surface area contributed by atoms with E-state index in [1.807, 2.05) is 13.8 Å². The molecule has 0 saturated carbocycles. The third kappa shape index (κ3) is 5.78. The highest BCUT2D eigenvalue weighted by molar-refractivity contribution is 5.98. The van der Waals surface area contributed by atoms with E-state index in [9.17, 15) is 14.4 Å². The molecule has 0 unspecified atom stereocenters. The number of ketones is 1. The molecule has 7 heteroatoms. The fourth-order valence-corrected chi connectivity index (χ4v) is 2.03. The van der Waals surface area contributed by atoms with E-state index in [4.69, 9.17) is 5.21 Å². The standard InChI is InChI=1S/C14H21N3O4/c1-9(2)6-10(7-13(19)17-21)14(20)16-8-12(18)11-4-3-5-15-11/h3-5,9-10,15,21H,6-8H2,1-2H3,(H,16,20)(H,17,19)/t10-/m1/s1. The molecule has 21 heavy (non-hydrogen) atoms. The van der Waals surface area contributed by atoms with Crippen molar-refractivity contribution in [3.05, 3.63) is 24.0 Å². The number of hydroxylamine groups is 1. The molecule has 0 aromatic carbocycles. The van der Waals surface area contributed by atoms with Crippen LogP contribution in [0.2, 0.25) is 0 Å². The average molecular weight is 295 g/mol. The molecule has 0 saturated heterocycles. The number of carbonyl (C=O) groups excluding carboxylic acids is 3. The van der Waals surface area contributed by atoms with Crippen LogP contribution in [0.5, 0.6) is 0 Å². The second kappa shape index (κ2) is 8.21. The van der Waals surface area contributed by atoms with Gasteiger partial charge in [-0.25, -0.2) is 5.48 Å². The van der Waals surface area contributed by atoms with E-state index >= 15 is 0 Å². The van der Waals surface area contributed by atoms with Gasteiger partial charge < -0.3 is 10.3 Å². The molecule has 0 aliphatic heterocycles. The van der Waals surface area contributed by atoms with Crippen molar-refractivity contribution < 1.29 is 19.6 Å². The predicted molar refractivity (Wildman–Crippen MR) is 75.6 cm³/mol. The highest BCUT2D eigenvalue weighted by Gasteiger charge is 2.23. The molecule has 0 aliphatic rings. The van der Waals surface area contributed by atoms with Gasteiger partial charge >= 0.3 is 0 Å². The van der Waals surface area contributed by atoms with Crippen molar-refractivity contribution in [1.29, 1.82) is 0 Å². The minimum atomic E-state index is -0.619. The quantitative estimate of drug-likeness (QED) is 0.324. The van der Waals surface area contributed by atoms with E-state index in [0.29, 0.717) is 12.1 Å². The normalized spacial score (nSPS) is 12.0. The number of H-pyrrole nitrogens is 1. The Hall–Kier alpha value is -2.15. The van der Waals surface area contributed by atoms with Crippen LogP contribution in [0.3, 0.4) is 0 Å². The van der Waals surface area contributed by atoms with Gasteiger partial charge in [-0.05, 0) is 24.5 Å². The molecule has 0 spiro atoms.